The molecule has 1 N–H and O–H groups in total. The number of benzene rings is 1. The van der Waals surface area contributed by atoms with Gasteiger partial charge in [-0.15, -0.1) is 0 Å². The zero-order chi connectivity index (χ0) is 11.7. The molecule has 3 nitrogen and oxygen atoms in total. The highest BCUT2D eigenvalue weighted by atomic mass is 16.3. The number of aliphatic hydroxyl groups is 1. The Kier molecular flexibility index (Phi) is 3.04. The van der Waals surface area contributed by atoms with Crippen molar-refractivity contribution in [3.05, 3.63) is 29.8 Å². The van der Waals surface area contributed by atoms with Crippen LogP contribution >= 0.6 is 0 Å². The molecule has 1 saturated heterocycles. The number of hydrogen-bond acceptors (Lipinski definition) is 3. The van der Waals surface area contributed by atoms with Crippen LogP contribution in [0, 0.1) is 0 Å². The molecule has 1 aromatic rings. The zero-order valence-corrected chi connectivity index (χ0v) is 10.2. The second-order valence-corrected chi connectivity index (χ2v) is 5.08. The summed E-state index contributed by atoms with van der Waals surface area (Å²) in [6, 6.07) is 9.15. The van der Waals surface area contributed by atoms with Crippen molar-refractivity contribution in [2.45, 2.75) is 25.5 Å². The van der Waals surface area contributed by atoms with E-state index in [9.17, 15) is 0 Å². The molecule has 3 rings (SSSR count). The lowest BCUT2D eigenvalue weighted by Gasteiger charge is -2.36. The van der Waals surface area contributed by atoms with E-state index in [0.29, 0.717) is 0 Å². The van der Waals surface area contributed by atoms with E-state index in [2.05, 4.69) is 21.9 Å². The third kappa shape index (κ3) is 2.45. The fourth-order valence-electron chi connectivity index (χ4n) is 2.64. The van der Waals surface area contributed by atoms with Crippen LogP contribution in [0.4, 0.5) is 5.69 Å². The molecule has 0 atom stereocenters. The molecule has 0 amide bonds. The Hall–Kier alpha value is -1.06. The summed E-state index contributed by atoms with van der Waals surface area (Å²) in [7, 11) is 0. The summed E-state index contributed by atoms with van der Waals surface area (Å²) in [5.74, 6) is 0. The maximum atomic E-state index is 9.16. The average Bonchev–Trinajstić information content (AvgIpc) is 3.23. The molecule has 0 unspecified atom stereocenters. The predicted molar refractivity (Wildman–Crippen MR) is 69.2 cm³/mol. The second-order valence-electron chi connectivity index (χ2n) is 5.08. The lowest BCUT2D eigenvalue weighted by atomic mass is 10.2. The Labute approximate surface area is 103 Å². The van der Waals surface area contributed by atoms with Gasteiger partial charge in [-0.1, -0.05) is 12.1 Å². The maximum absolute atomic E-state index is 9.16. The number of rotatable bonds is 3. The van der Waals surface area contributed by atoms with Crippen molar-refractivity contribution in [2.24, 2.45) is 0 Å². The molecule has 1 aromatic carbocycles. The number of nitrogens with zero attached hydrogens (tertiary/aromatic N) is 2. The highest BCUT2D eigenvalue weighted by molar-refractivity contribution is 5.49. The van der Waals surface area contributed by atoms with Crippen molar-refractivity contribution in [3.8, 4) is 0 Å². The number of piperazine rings is 1. The smallest absolute Gasteiger partial charge is 0.0682 e. The number of anilines is 1. The first-order chi connectivity index (χ1) is 8.36. The summed E-state index contributed by atoms with van der Waals surface area (Å²) in [5, 5.41) is 9.16. The van der Waals surface area contributed by atoms with Crippen LogP contribution in [0.2, 0.25) is 0 Å². The monoisotopic (exact) mass is 232 g/mol. The second kappa shape index (κ2) is 4.67. The van der Waals surface area contributed by atoms with Crippen LogP contribution in [0.1, 0.15) is 18.4 Å². The molecule has 0 radical (unpaired) electrons. The largest absolute Gasteiger partial charge is 0.392 e. The number of aliphatic hydroxyl groups excluding tert-OH is 1. The van der Waals surface area contributed by atoms with Crippen molar-refractivity contribution >= 4 is 5.69 Å². The van der Waals surface area contributed by atoms with Crippen molar-refractivity contribution in [2.75, 3.05) is 31.1 Å². The molecule has 2 aliphatic rings. The standard InChI is InChI=1S/C14H20N2O/c17-11-12-2-1-3-14(10-12)16-8-6-15(7-9-16)13-4-5-13/h1-3,10,13,17H,4-9,11H2. The minimum atomic E-state index is 0.135. The molecule has 2 fully saturated rings. The third-order valence-corrected chi connectivity index (χ3v) is 3.84. The topological polar surface area (TPSA) is 26.7 Å². The highest BCUT2D eigenvalue weighted by Crippen LogP contribution is 2.28. The van der Waals surface area contributed by atoms with Crippen LogP contribution in [0.5, 0.6) is 0 Å². The number of hydrogen-bond donors (Lipinski definition) is 1. The van der Waals surface area contributed by atoms with E-state index in [1.54, 1.807) is 0 Å². The van der Waals surface area contributed by atoms with Gasteiger partial charge in [0.2, 0.25) is 0 Å². The average molecular weight is 232 g/mol. The summed E-state index contributed by atoms with van der Waals surface area (Å²) >= 11 is 0. The normalized spacial score (nSPS) is 21.8. The van der Waals surface area contributed by atoms with Crippen LogP contribution in [0.25, 0.3) is 0 Å². The van der Waals surface area contributed by atoms with Gasteiger partial charge in [0.05, 0.1) is 6.61 Å². The van der Waals surface area contributed by atoms with Gasteiger partial charge in [-0.2, -0.15) is 0 Å². The van der Waals surface area contributed by atoms with Gasteiger partial charge in [-0.3, -0.25) is 4.90 Å². The fourth-order valence-corrected chi connectivity index (χ4v) is 2.64. The molecule has 3 heteroatoms. The molecular formula is C14H20N2O. The summed E-state index contributed by atoms with van der Waals surface area (Å²) in [5.41, 5.74) is 2.26. The highest BCUT2D eigenvalue weighted by Gasteiger charge is 2.31. The lowest BCUT2D eigenvalue weighted by molar-refractivity contribution is 0.248. The molecule has 1 saturated carbocycles. The molecular weight excluding hydrogens is 212 g/mol. The van der Waals surface area contributed by atoms with E-state index in [4.69, 9.17) is 5.11 Å². The third-order valence-electron chi connectivity index (χ3n) is 3.84. The van der Waals surface area contributed by atoms with E-state index in [0.717, 1.165) is 24.7 Å². The van der Waals surface area contributed by atoms with Crippen molar-refractivity contribution in [1.29, 1.82) is 0 Å². The molecule has 0 spiro atoms. The molecule has 17 heavy (non-hydrogen) atoms. The van der Waals surface area contributed by atoms with Gasteiger partial charge in [0, 0.05) is 37.9 Å². The summed E-state index contributed by atoms with van der Waals surface area (Å²) in [6.07, 6.45) is 2.81. The molecule has 1 aliphatic carbocycles. The minimum absolute atomic E-state index is 0.135. The molecule has 0 bridgehead atoms. The van der Waals surface area contributed by atoms with Crippen molar-refractivity contribution in [1.82, 2.24) is 4.90 Å². The zero-order valence-electron chi connectivity index (χ0n) is 10.2. The van der Waals surface area contributed by atoms with E-state index >= 15 is 0 Å². The van der Waals surface area contributed by atoms with Gasteiger partial charge in [0.15, 0.2) is 0 Å². The first-order valence-electron chi connectivity index (χ1n) is 6.55. The van der Waals surface area contributed by atoms with Crippen LogP contribution in [0.15, 0.2) is 24.3 Å². The lowest BCUT2D eigenvalue weighted by Crippen LogP contribution is -2.47. The van der Waals surface area contributed by atoms with E-state index in [1.807, 2.05) is 12.1 Å². The first kappa shape index (κ1) is 11.1. The van der Waals surface area contributed by atoms with Gasteiger partial charge in [-0.25, -0.2) is 0 Å². The Morgan fingerprint density at radius 2 is 1.88 bits per heavy atom. The van der Waals surface area contributed by atoms with Crippen LogP contribution < -0.4 is 4.90 Å². The summed E-state index contributed by atoms with van der Waals surface area (Å²) < 4.78 is 0. The molecule has 0 aromatic heterocycles. The van der Waals surface area contributed by atoms with Gasteiger partial charge in [0.1, 0.15) is 0 Å². The Balaban J connectivity index is 1.64. The predicted octanol–water partition coefficient (Wildman–Crippen LogP) is 1.46. The van der Waals surface area contributed by atoms with E-state index in [1.165, 1.54) is 31.6 Å². The Bertz CT molecular complexity index is 382. The van der Waals surface area contributed by atoms with E-state index < -0.39 is 0 Å². The molecule has 92 valence electrons. The van der Waals surface area contributed by atoms with Gasteiger partial charge in [-0.05, 0) is 30.5 Å². The minimum Gasteiger partial charge on any atom is -0.392 e. The summed E-state index contributed by atoms with van der Waals surface area (Å²) in [4.78, 5) is 5.05. The van der Waals surface area contributed by atoms with Crippen molar-refractivity contribution in [3.63, 3.8) is 0 Å². The van der Waals surface area contributed by atoms with Crippen LogP contribution in [-0.4, -0.2) is 42.2 Å². The fraction of sp³-hybridized carbons (Fsp3) is 0.571. The van der Waals surface area contributed by atoms with Crippen LogP contribution in [-0.2, 0) is 6.61 Å². The van der Waals surface area contributed by atoms with Gasteiger partial charge >= 0.3 is 0 Å². The quantitative estimate of drug-likeness (QED) is 0.855. The Morgan fingerprint density at radius 1 is 1.12 bits per heavy atom. The molecule has 1 aliphatic heterocycles. The first-order valence-corrected chi connectivity index (χ1v) is 6.55. The van der Waals surface area contributed by atoms with Crippen molar-refractivity contribution < 1.29 is 5.11 Å². The Morgan fingerprint density at radius 3 is 2.53 bits per heavy atom. The molecule has 1 heterocycles. The van der Waals surface area contributed by atoms with Gasteiger partial charge in [0.25, 0.3) is 0 Å². The summed E-state index contributed by atoms with van der Waals surface area (Å²) in [6.45, 7) is 4.74. The SMILES string of the molecule is OCc1cccc(N2CCN(C3CC3)CC2)c1. The van der Waals surface area contributed by atoms with Gasteiger partial charge < -0.3 is 10.0 Å². The van der Waals surface area contributed by atoms with Crippen LogP contribution in [0.3, 0.4) is 0 Å². The van der Waals surface area contributed by atoms with E-state index in [-0.39, 0.29) is 6.61 Å². The maximum Gasteiger partial charge on any atom is 0.0682 e.